The van der Waals surface area contributed by atoms with Crippen molar-refractivity contribution < 1.29 is 4.79 Å². The van der Waals surface area contributed by atoms with Gasteiger partial charge in [0.25, 0.3) is 0 Å². The number of amides is 1. The van der Waals surface area contributed by atoms with Crippen molar-refractivity contribution in [3.8, 4) is 6.07 Å². The summed E-state index contributed by atoms with van der Waals surface area (Å²) < 4.78 is 0. The van der Waals surface area contributed by atoms with Crippen LogP contribution < -0.4 is 5.32 Å². The number of nitrogens with one attached hydrogen (secondary N) is 1. The Morgan fingerprint density at radius 1 is 1.67 bits per heavy atom. The summed E-state index contributed by atoms with van der Waals surface area (Å²) in [4.78, 5) is 14.5. The summed E-state index contributed by atoms with van der Waals surface area (Å²) in [6.45, 7) is 1.94. The van der Waals surface area contributed by atoms with Gasteiger partial charge in [-0.25, -0.2) is 0 Å². The van der Waals surface area contributed by atoms with Crippen LogP contribution in [-0.4, -0.2) is 17.4 Å². The fraction of sp³-hybridized carbons (Fsp3) is 0.182. The highest BCUT2D eigenvalue weighted by atomic mass is 16.1. The predicted molar refractivity (Wildman–Crippen MR) is 56.7 cm³/mol. The highest BCUT2D eigenvalue weighted by Gasteiger charge is 1.91. The minimum atomic E-state index is -0.0662. The Kier molecular flexibility index (Phi) is 4.05. The van der Waals surface area contributed by atoms with Gasteiger partial charge in [-0.05, 0) is 11.6 Å². The van der Waals surface area contributed by atoms with E-state index in [0.29, 0.717) is 12.1 Å². The first-order valence-corrected chi connectivity index (χ1v) is 4.48. The third kappa shape index (κ3) is 4.05. The maximum Gasteiger partial charge on any atom is 0.217 e. The van der Waals surface area contributed by atoms with Crippen LogP contribution in [0.2, 0.25) is 0 Å². The fourth-order valence-corrected chi connectivity index (χ4v) is 1.01. The van der Waals surface area contributed by atoms with E-state index in [1.54, 1.807) is 18.3 Å². The summed E-state index contributed by atoms with van der Waals surface area (Å²) >= 11 is 0. The molecule has 0 fully saturated rings. The van der Waals surface area contributed by atoms with Gasteiger partial charge < -0.3 is 5.32 Å². The Bertz CT molecular complexity index is 418. The molecule has 1 aromatic heterocycles. The Morgan fingerprint density at radius 2 is 2.47 bits per heavy atom. The van der Waals surface area contributed by atoms with Crippen LogP contribution in [0.15, 0.2) is 24.5 Å². The van der Waals surface area contributed by atoms with Crippen molar-refractivity contribution in [3.05, 3.63) is 35.7 Å². The molecule has 0 saturated heterocycles. The third-order valence-electron chi connectivity index (χ3n) is 1.67. The topological polar surface area (TPSA) is 65.8 Å². The average Bonchev–Trinajstić information content (AvgIpc) is 2.24. The lowest BCUT2D eigenvalue weighted by Crippen LogP contribution is -2.19. The Labute approximate surface area is 88.3 Å². The van der Waals surface area contributed by atoms with E-state index < -0.39 is 0 Å². The van der Waals surface area contributed by atoms with Gasteiger partial charge in [-0.2, -0.15) is 5.26 Å². The number of carbonyl (C=O) groups is 1. The molecule has 0 atom stereocenters. The molecule has 1 rings (SSSR count). The maximum absolute atomic E-state index is 10.6. The smallest absolute Gasteiger partial charge is 0.217 e. The van der Waals surface area contributed by atoms with Crippen LogP contribution in [0.5, 0.6) is 0 Å². The number of rotatable bonds is 3. The van der Waals surface area contributed by atoms with Crippen LogP contribution in [0.25, 0.3) is 6.08 Å². The zero-order valence-corrected chi connectivity index (χ0v) is 8.40. The van der Waals surface area contributed by atoms with E-state index in [1.807, 2.05) is 12.1 Å². The van der Waals surface area contributed by atoms with E-state index in [0.717, 1.165) is 5.56 Å². The van der Waals surface area contributed by atoms with Gasteiger partial charge >= 0.3 is 0 Å². The van der Waals surface area contributed by atoms with Crippen LogP contribution in [0.3, 0.4) is 0 Å². The molecule has 1 N–H and O–H groups in total. The number of carbonyl (C=O) groups excluding carboxylic acids is 1. The first-order valence-electron chi connectivity index (χ1n) is 4.48. The van der Waals surface area contributed by atoms with Crippen molar-refractivity contribution in [2.45, 2.75) is 6.92 Å². The summed E-state index contributed by atoms with van der Waals surface area (Å²) in [6.07, 6.45) is 6.78. The summed E-state index contributed by atoms with van der Waals surface area (Å²) in [5.74, 6) is -0.0662. The summed E-state index contributed by atoms with van der Waals surface area (Å²) in [5.41, 5.74) is 1.37. The molecule has 4 heteroatoms. The van der Waals surface area contributed by atoms with Crippen molar-refractivity contribution in [1.29, 1.82) is 5.26 Å². The van der Waals surface area contributed by atoms with Crippen molar-refractivity contribution in [2.24, 2.45) is 0 Å². The van der Waals surface area contributed by atoms with E-state index in [1.165, 1.54) is 13.1 Å². The van der Waals surface area contributed by atoms with Gasteiger partial charge in [0.2, 0.25) is 5.91 Å². The van der Waals surface area contributed by atoms with E-state index in [4.69, 9.17) is 5.26 Å². The van der Waals surface area contributed by atoms with Crippen LogP contribution in [0, 0.1) is 11.3 Å². The van der Waals surface area contributed by atoms with Crippen LogP contribution in [-0.2, 0) is 4.79 Å². The van der Waals surface area contributed by atoms with Gasteiger partial charge in [-0.3, -0.25) is 9.78 Å². The molecular weight excluding hydrogens is 190 g/mol. The van der Waals surface area contributed by atoms with Crippen LogP contribution in [0.1, 0.15) is 18.1 Å². The molecule has 0 unspecified atom stereocenters. The molecule has 0 saturated carbocycles. The molecule has 1 amide bonds. The molecule has 0 spiro atoms. The zero-order chi connectivity index (χ0) is 11.1. The van der Waals surface area contributed by atoms with Crippen molar-refractivity contribution in [1.82, 2.24) is 10.3 Å². The summed E-state index contributed by atoms with van der Waals surface area (Å²) in [7, 11) is 0. The molecule has 76 valence electrons. The molecule has 0 aliphatic heterocycles. The van der Waals surface area contributed by atoms with Gasteiger partial charge in [-0.15, -0.1) is 0 Å². The van der Waals surface area contributed by atoms with E-state index >= 15 is 0 Å². The summed E-state index contributed by atoms with van der Waals surface area (Å²) in [6, 6.07) is 3.74. The summed E-state index contributed by atoms with van der Waals surface area (Å²) in [5, 5.41) is 11.3. The lowest BCUT2D eigenvalue weighted by atomic mass is 10.2. The molecule has 0 aromatic carbocycles. The van der Waals surface area contributed by atoms with Crippen molar-refractivity contribution in [3.63, 3.8) is 0 Å². The number of hydrogen-bond acceptors (Lipinski definition) is 3. The number of pyridine rings is 1. The Morgan fingerprint density at radius 3 is 3.13 bits per heavy atom. The Hall–Kier alpha value is -2.15. The molecule has 1 heterocycles. The monoisotopic (exact) mass is 201 g/mol. The minimum Gasteiger partial charge on any atom is -0.353 e. The van der Waals surface area contributed by atoms with E-state index in [-0.39, 0.29) is 5.91 Å². The van der Waals surface area contributed by atoms with Gasteiger partial charge in [0.1, 0.15) is 6.07 Å². The third-order valence-corrected chi connectivity index (χ3v) is 1.67. The largest absolute Gasteiger partial charge is 0.353 e. The second-order valence-corrected chi connectivity index (χ2v) is 2.96. The number of nitrogens with zero attached hydrogens (tertiary/aromatic N) is 2. The molecule has 15 heavy (non-hydrogen) atoms. The number of nitriles is 1. The molecule has 4 nitrogen and oxygen atoms in total. The molecule has 1 aromatic rings. The van der Waals surface area contributed by atoms with Crippen LogP contribution in [0.4, 0.5) is 0 Å². The fourth-order valence-electron chi connectivity index (χ4n) is 1.01. The van der Waals surface area contributed by atoms with Crippen LogP contribution >= 0.6 is 0 Å². The van der Waals surface area contributed by atoms with Crippen molar-refractivity contribution in [2.75, 3.05) is 6.54 Å². The average molecular weight is 201 g/mol. The molecule has 0 radical (unpaired) electrons. The van der Waals surface area contributed by atoms with Gasteiger partial charge in [0, 0.05) is 25.9 Å². The molecule has 0 aliphatic rings. The molecule has 0 bridgehead atoms. The second kappa shape index (κ2) is 5.55. The lowest BCUT2D eigenvalue weighted by molar-refractivity contribution is -0.118. The Balaban J connectivity index is 2.57. The number of aromatic nitrogens is 1. The zero-order valence-electron chi connectivity index (χ0n) is 8.40. The van der Waals surface area contributed by atoms with E-state index in [2.05, 4.69) is 10.3 Å². The second-order valence-electron chi connectivity index (χ2n) is 2.96. The maximum atomic E-state index is 10.6. The predicted octanol–water partition coefficient (Wildman–Crippen LogP) is 1.10. The first-order chi connectivity index (χ1) is 7.22. The minimum absolute atomic E-state index is 0.0662. The van der Waals surface area contributed by atoms with Gasteiger partial charge in [-0.1, -0.05) is 12.2 Å². The highest BCUT2D eigenvalue weighted by Crippen LogP contribution is 2.02. The highest BCUT2D eigenvalue weighted by molar-refractivity contribution is 5.73. The van der Waals surface area contributed by atoms with Gasteiger partial charge in [0.15, 0.2) is 0 Å². The normalized spacial score (nSPS) is 9.87. The molecule has 0 aliphatic carbocycles. The van der Waals surface area contributed by atoms with Gasteiger partial charge in [0.05, 0.1) is 5.56 Å². The SMILES string of the molecule is CC(=O)NCC=Cc1cncc(C#N)c1. The standard InChI is InChI=1S/C11H11N3O/c1-9(15)14-4-2-3-10-5-11(6-12)8-13-7-10/h2-3,5,7-8H,4H2,1H3,(H,14,15). The van der Waals surface area contributed by atoms with Crippen molar-refractivity contribution >= 4 is 12.0 Å². The van der Waals surface area contributed by atoms with E-state index in [9.17, 15) is 4.79 Å². The molecular formula is C11H11N3O. The first kappa shape index (κ1) is 10.9. The lowest BCUT2D eigenvalue weighted by Gasteiger charge is -1.95. The number of hydrogen-bond donors (Lipinski definition) is 1. The quantitative estimate of drug-likeness (QED) is 0.796.